The van der Waals surface area contributed by atoms with Crippen molar-refractivity contribution in [2.75, 3.05) is 0 Å². The van der Waals surface area contributed by atoms with Gasteiger partial charge >= 0.3 is 0 Å². The van der Waals surface area contributed by atoms with Crippen molar-refractivity contribution in [1.82, 2.24) is 4.72 Å². The molecular weight excluding hydrogens is 334 g/mol. The van der Waals surface area contributed by atoms with E-state index < -0.39 is 15.6 Å². The number of aryl methyl sites for hydroxylation is 2. The highest BCUT2D eigenvalue weighted by Gasteiger charge is 2.24. The number of benzene rings is 2. The standard InChI is InChI=1S/C20H25NO3S/c1-15-10-12-17(14-19(15)25(23,24)21-20(2,3)4)18(22)13-11-16-8-6-5-7-9-16/h5-10,12,14,21H,11,13H2,1-4H3. The van der Waals surface area contributed by atoms with Gasteiger partial charge in [0.25, 0.3) is 0 Å². The van der Waals surface area contributed by atoms with Crippen molar-refractivity contribution in [2.45, 2.75) is 51.0 Å². The summed E-state index contributed by atoms with van der Waals surface area (Å²) in [5.41, 5.74) is 1.55. The third-order valence-electron chi connectivity index (χ3n) is 3.72. The molecule has 0 radical (unpaired) electrons. The van der Waals surface area contributed by atoms with E-state index in [9.17, 15) is 13.2 Å². The number of rotatable bonds is 6. The van der Waals surface area contributed by atoms with Gasteiger partial charge in [-0.05, 0) is 51.3 Å². The zero-order chi connectivity index (χ0) is 18.7. The summed E-state index contributed by atoms with van der Waals surface area (Å²) in [7, 11) is -3.67. The number of nitrogens with one attached hydrogen (secondary N) is 1. The SMILES string of the molecule is Cc1ccc(C(=O)CCc2ccccc2)cc1S(=O)(=O)NC(C)(C)C. The van der Waals surface area contributed by atoms with Gasteiger partial charge in [-0.3, -0.25) is 4.79 Å². The van der Waals surface area contributed by atoms with Crippen molar-refractivity contribution in [2.24, 2.45) is 0 Å². The van der Waals surface area contributed by atoms with E-state index in [0.717, 1.165) is 5.56 Å². The first-order valence-electron chi connectivity index (χ1n) is 8.30. The number of hydrogen-bond acceptors (Lipinski definition) is 3. The predicted octanol–water partition coefficient (Wildman–Crippen LogP) is 3.89. The summed E-state index contributed by atoms with van der Waals surface area (Å²) >= 11 is 0. The highest BCUT2D eigenvalue weighted by atomic mass is 32.2. The second-order valence-electron chi connectivity index (χ2n) is 7.24. The fourth-order valence-corrected chi connectivity index (χ4v) is 4.26. The molecule has 0 heterocycles. The number of ketones is 1. The first-order valence-corrected chi connectivity index (χ1v) is 9.78. The van der Waals surface area contributed by atoms with Crippen LogP contribution in [0.5, 0.6) is 0 Å². The second kappa shape index (κ2) is 7.50. The zero-order valence-corrected chi connectivity index (χ0v) is 16.0. The topological polar surface area (TPSA) is 63.2 Å². The summed E-state index contributed by atoms with van der Waals surface area (Å²) < 4.78 is 27.8. The molecule has 0 saturated carbocycles. The van der Waals surface area contributed by atoms with Crippen LogP contribution in [0.2, 0.25) is 0 Å². The van der Waals surface area contributed by atoms with E-state index >= 15 is 0 Å². The molecule has 2 rings (SSSR count). The first kappa shape index (κ1) is 19.3. The third kappa shape index (κ3) is 5.51. The highest BCUT2D eigenvalue weighted by molar-refractivity contribution is 7.89. The van der Waals surface area contributed by atoms with Gasteiger partial charge in [0.1, 0.15) is 0 Å². The normalized spacial score (nSPS) is 12.2. The summed E-state index contributed by atoms with van der Waals surface area (Å²) in [6.45, 7) is 7.09. The lowest BCUT2D eigenvalue weighted by molar-refractivity contribution is 0.0982. The maximum Gasteiger partial charge on any atom is 0.241 e. The van der Waals surface area contributed by atoms with E-state index in [2.05, 4.69) is 4.72 Å². The lowest BCUT2D eigenvalue weighted by Crippen LogP contribution is -2.40. The molecule has 0 aromatic heterocycles. The summed E-state index contributed by atoms with van der Waals surface area (Å²) in [4.78, 5) is 12.6. The van der Waals surface area contributed by atoms with Crippen LogP contribution in [0, 0.1) is 6.92 Å². The average molecular weight is 359 g/mol. The average Bonchev–Trinajstić information content (AvgIpc) is 2.51. The van der Waals surface area contributed by atoms with Gasteiger partial charge < -0.3 is 0 Å². The largest absolute Gasteiger partial charge is 0.294 e. The van der Waals surface area contributed by atoms with Gasteiger partial charge in [0.15, 0.2) is 5.78 Å². The molecule has 0 spiro atoms. The van der Waals surface area contributed by atoms with Crippen LogP contribution in [0.1, 0.15) is 48.7 Å². The molecule has 2 aromatic carbocycles. The first-order chi connectivity index (χ1) is 11.6. The van der Waals surface area contributed by atoms with E-state index in [-0.39, 0.29) is 10.7 Å². The molecule has 0 aliphatic heterocycles. The number of carbonyl (C=O) groups is 1. The molecule has 0 amide bonds. The Morgan fingerprint density at radius 3 is 2.28 bits per heavy atom. The molecule has 2 aromatic rings. The molecular formula is C20H25NO3S. The molecule has 0 atom stereocenters. The minimum atomic E-state index is -3.67. The lowest BCUT2D eigenvalue weighted by Gasteiger charge is -2.21. The van der Waals surface area contributed by atoms with Gasteiger partial charge in [-0.15, -0.1) is 0 Å². The Morgan fingerprint density at radius 2 is 1.68 bits per heavy atom. The second-order valence-corrected chi connectivity index (χ2v) is 8.90. The van der Waals surface area contributed by atoms with Crippen LogP contribution >= 0.6 is 0 Å². The van der Waals surface area contributed by atoms with E-state index in [1.807, 2.05) is 30.3 Å². The molecule has 5 heteroatoms. The number of carbonyl (C=O) groups excluding carboxylic acids is 1. The lowest BCUT2D eigenvalue weighted by atomic mass is 10.0. The Labute approximate surface area is 150 Å². The smallest absolute Gasteiger partial charge is 0.241 e. The van der Waals surface area contributed by atoms with Gasteiger partial charge in [-0.25, -0.2) is 13.1 Å². The fourth-order valence-electron chi connectivity index (χ4n) is 2.57. The molecule has 134 valence electrons. The molecule has 25 heavy (non-hydrogen) atoms. The minimum Gasteiger partial charge on any atom is -0.294 e. The van der Waals surface area contributed by atoms with E-state index in [1.54, 1.807) is 39.8 Å². The van der Waals surface area contributed by atoms with Crippen molar-refractivity contribution >= 4 is 15.8 Å². The zero-order valence-electron chi connectivity index (χ0n) is 15.2. The third-order valence-corrected chi connectivity index (χ3v) is 5.62. The van der Waals surface area contributed by atoms with Crippen LogP contribution < -0.4 is 4.72 Å². The fraction of sp³-hybridized carbons (Fsp3) is 0.350. The van der Waals surface area contributed by atoms with Crippen LogP contribution in [0.15, 0.2) is 53.4 Å². The molecule has 0 aliphatic rings. The van der Waals surface area contributed by atoms with Crippen LogP contribution in [0.3, 0.4) is 0 Å². The van der Waals surface area contributed by atoms with Crippen LogP contribution in [-0.4, -0.2) is 19.7 Å². The molecule has 0 saturated heterocycles. The molecule has 0 unspecified atom stereocenters. The Morgan fingerprint density at radius 1 is 1.04 bits per heavy atom. The van der Waals surface area contributed by atoms with Gasteiger partial charge in [-0.1, -0.05) is 42.5 Å². The quantitative estimate of drug-likeness (QED) is 0.796. The monoisotopic (exact) mass is 359 g/mol. The summed E-state index contributed by atoms with van der Waals surface area (Å²) in [6.07, 6.45) is 0.981. The maximum atomic E-state index is 12.6. The number of Topliss-reactive ketones (excluding diaryl/α,β-unsaturated/α-hetero) is 1. The molecule has 0 bridgehead atoms. The summed E-state index contributed by atoms with van der Waals surface area (Å²) in [6, 6.07) is 14.6. The van der Waals surface area contributed by atoms with E-state index in [0.29, 0.717) is 24.0 Å². The van der Waals surface area contributed by atoms with E-state index in [1.165, 1.54) is 6.07 Å². The molecule has 4 nitrogen and oxygen atoms in total. The van der Waals surface area contributed by atoms with Crippen LogP contribution in [-0.2, 0) is 16.4 Å². The predicted molar refractivity (Wildman–Crippen MR) is 100 cm³/mol. The van der Waals surface area contributed by atoms with Crippen molar-refractivity contribution in [3.63, 3.8) is 0 Å². The summed E-state index contributed by atoms with van der Waals surface area (Å²) in [5, 5.41) is 0. The van der Waals surface area contributed by atoms with Crippen molar-refractivity contribution in [3.05, 3.63) is 65.2 Å². The van der Waals surface area contributed by atoms with Crippen molar-refractivity contribution < 1.29 is 13.2 Å². The molecule has 1 N–H and O–H groups in total. The minimum absolute atomic E-state index is 0.0592. The van der Waals surface area contributed by atoms with Gasteiger partial charge in [0, 0.05) is 17.5 Å². The van der Waals surface area contributed by atoms with Crippen LogP contribution in [0.4, 0.5) is 0 Å². The Bertz CT molecular complexity index is 850. The summed E-state index contributed by atoms with van der Waals surface area (Å²) in [5.74, 6) is -0.0592. The number of sulfonamides is 1. The van der Waals surface area contributed by atoms with E-state index in [4.69, 9.17) is 0 Å². The van der Waals surface area contributed by atoms with Gasteiger partial charge in [0.05, 0.1) is 4.90 Å². The Balaban J connectivity index is 2.22. The van der Waals surface area contributed by atoms with Gasteiger partial charge in [0.2, 0.25) is 10.0 Å². The van der Waals surface area contributed by atoms with Crippen molar-refractivity contribution in [3.8, 4) is 0 Å². The van der Waals surface area contributed by atoms with Crippen LogP contribution in [0.25, 0.3) is 0 Å². The molecule has 0 aliphatic carbocycles. The van der Waals surface area contributed by atoms with Crippen molar-refractivity contribution in [1.29, 1.82) is 0 Å². The Kier molecular flexibility index (Phi) is 5.80. The Hall–Kier alpha value is -1.98. The maximum absolute atomic E-state index is 12.6. The number of hydrogen-bond donors (Lipinski definition) is 1. The highest BCUT2D eigenvalue weighted by Crippen LogP contribution is 2.20. The van der Waals surface area contributed by atoms with Gasteiger partial charge in [-0.2, -0.15) is 0 Å². The molecule has 0 fully saturated rings.